The maximum atomic E-state index is 12.5. The molecule has 0 fully saturated rings. The fraction of sp³-hybridized carbons (Fsp3) is 0.158. The molecule has 1 aliphatic heterocycles. The molecule has 0 aromatic heterocycles. The second-order valence-electron chi connectivity index (χ2n) is 5.32. The number of amides is 1. The molecule has 1 amide bonds. The van der Waals surface area contributed by atoms with Crippen LogP contribution in [0.1, 0.15) is 11.1 Å². The molecule has 0 atom stereocenters. The van der Waals surface area contributed by atoms with Crippen molar-refractivity contribution in [2.45, 2.75) is 0 Å². The first-order valence-corrected chi connectivity index (χ1v) is 7.50. The Bertz CT molecular complexity index is 826. The lowest BCUT2D eigenvalue weighted by Crippen LogP contribution is -2.17. The van der Waals surface area contributed by atoms with E-state index in [1.807, 2.05) is 54.6 Å². The molecule has 1 heterocycles. The van der Waals surface area contributed by atoms with E-state index in [9.17, 15) is 4.79 Å². The van der Waals surface area contributed by atoms with Gasteiger partial charge in [-0.25, -0.2) is 5.01 Å². The van der Waals surface area contributed by atoms with Crippen molar-refractivity contribution in [3.63, 3.8) is 0 Å². The number of carbonyl (C=O) groups excluding carboxylic acids is 1. The Hall–Kier alpha value is -3.08. The van der Waals surface area contributed by atoms with E-state index in [0.717, 1.165) is 11.1 Å². The number of nitrogens with zero attached hydrogens (tertiary/aromatic N) is 2. The van der Waals surface area contributed by atoms with Gasteiger partial charge in [0.25, 0.3) is 5.91 Å². The normalized spacial score (nSPS) is 15.6. The highest BCUT2D eigenvalue weighted by Crippen LogP contribution is 2.29. The van der Waals surface area contributed by atoms with Gasteiger partial charge in [-0.05, 0) is 23.8 Å². The molecule has 0 N–H and O–H groups in total. The number of likely N-dealkylation sites (N-methyl/N-ethyl adjacent to an activating group) is 1. The van der Waals surface area contributed by atoms with Crippen LogP contribution in [-0.2, 0) is 4.79 Å². The molecule has 0 saturated carbocycles. The molecular weight excluding hydrogens is 304 g/mol. The first-order valence-electron chi connectivity index (χ1n) is 7.50. The smallest absolute Gasteiger partial charge is 0.276 e. The molecule has 5 heteroatoms. The van der Waals surface area contributed by atoms with Gasteiger partial charge in [-0.2, -0.15) is 5.10 Å². The van der Waals surface area contributed by atoms with Gasteiger partial charge in [-0.3, -0.25) is 4.79 Å². The third kappa shape index (κ3) is 2.88. The van der Waals surface area contributed by atoms with Crippen LogP contribution in [0, 0.1) is 0 Å². The van der Waals surface area contributed by atoms with E-state index in [2.05, 4.69) is 5.10 Å². The average molecular weight is 322 g/mol. The Kier molecular flexibility index (Phi) is 4.33. The summed E-state index contributed by atoms with van der Waals surface area (Å²) < 4.78 is 10.6. The number of ether oxygens (including phenoxy) is 2. The predicted molar refractivity (Wildman–Crippen MR) is 93.3 cm³/mol. The number of methoxy groups -OCH3 is 2. The summed E-state index contributed by atoms with van der Waals surface area (Å²) in [6, 6.07) is 15.2. The number of hydrogen-bond acceptors (Lipinski definition) is 4. The largest absolute Gasteiger partial charge is 0.493 e. The first kappa shape index (κ1) is 15.8. The van der Waals surface area contributed by atoms with Gasteiger partial charge in [0.2, 0.25) is 0 Å². The molecule has 122 valence electrons. The van der Waals surface area contributed by atoms with Crippen LogP contribution in [0.15, 0.2) is 59.2 Å². The number of rotatable bonds is 4. The molecule has 0 unspecified atom stereocenters. The lowest BCUT2D eigenvalue weighted by molar-refractivity contribution is -0.124. The third-order valence-electron chi connectivity index (χ3n) is 3.80. The zero-order valence-electron chi connectivity index (χ0n) is 13.8. The number of hydrazone groups is 1. The average Bonchev–Trinajstić information content (AvgIpc) is 2.90. The minimum Gasteiger partial charge on any atom is -0.493 e. The van der Waals surface area contributed by atoms with Crippen molar-refractivity contribution in [3.8, 4) is 11.5 Å². The van der Waals surface area contributed by atoms with E-state index in [1.54, 1.807) is 21.3 Å². The highest BCUT2D eigenvalue weighted by molar-refractivity contribution is 6.33. The minimum atomic E-state index is -0.136. The van der Waals surface area contributed by atoms with Crippen LogP contribution in [-0.4, -0.2) is 37.9 Å². The molecule has 2 aromatic carbocycles. The molecule has 1 aliphatic rings. The molecular formula is C19H18N2O3. The molecule has 0 saturated heterocycles. The second kappa shape index (κ2) is 6.58. The Balaban J connectivity index is 2.04. The number of hydrogen-bond donors (Lipinski definition) is 0. The summed E-state index contributed by atoms with van der Waals surface area (Å²) in [6.45, 7) is 0. The van der Waals surface area contributed by atoms with Gasteiger partial charge in [0.05, 0.1) is 19.8 Å². The number of benzene rings is 2. The minimum absolute atomic E-state index is 0.136. The fourth-order valence-electron chi connectivity index (χ4n) is 2.57. The molecule has 2 aromatic rings. The summed E-state index contributed by atoms with van der Waals surface area (Å²) in [6.07, 6.45) is 1.82. The lowest BCUT2D eigenvalue weighted by Gasteiger charge is -2.08. The molecule has 0 aliphatic carbocycles. The van der Waals surface area contributed by atoms with Gasteiger partial charge in [-0.1, -0.05) is 36.4 Å². The summed E-state index contributed by atoms with van der Waals surface area (Å²) in [5, 5.41) is 5.73. The van der Waals surface area contributed by atoms with E-state index in [4.69, 9.17) is 9.47 Å². The zero-order valence-corrected chi connectivity index (χ0v) is 13.8. The maximum Gasteiger partial charge on any atom is 0.276 e. The second-order valence-corrected chi connectivity index (χ2v) is 5.32. The van der Waals surface area contributed by atoms with E-state index in [1.165, 1.54) is 5.01 Å². The van der Waals surface area contributed by atoms with Crippen molar-refractivity contribution in [2.75, 3.05) is 21.3 Å². The monoisotopic (exact) mass is 322 g/mol. The molecule has 0 radical (unpaired) electrons. The Morgan fingerprint density at radius 2 is 1.71 bits per heavy atom. The van der Waals surface area contributed by atoms with Crippen LogP contribution in [0.5, 0.6) is 11.5 Å². The Morgan fingerprint density at radius 3 is 2.38 bits per heavy atom. The van der Waals surface area contributed by atoms with Crippen LogP contribution in [0.2, 0.25) is 0 Å². The van der Waals surface area contributed by atoms with Crippen LogP contribution in [0.25, 0.3) is 6.08 Å². The highest BCUT2D eigenvalue weighted by Gasteiger charge is 2.28. The Morgan fingerprint density at radius 1 is 1.00 bits per heavy atom. The molecule has 5 nitrogen and oxygen atoms in total. The summed E-state index contributed by atoms with van der Waals surface area (Å²) in [5.74, 6) is 1.12. The van der Waals surface area contributed by atoms with Crippen LogP contribution < -0.4 is 9.47 Å². The van der Waals surface area contributed by atoms with E-state index in [0.29, 0.717) is 22.8 Å². The molecule has 24 heavy (non-hydrogen) atoms. The van der Waals surface area contributed by atoms with Crippen molar-refractivity contribution in [2.24, 2.45) is 5.10 Å². The summed E-state index contributed by atoms with van der Waals surface area (Å²) in [4.78, 5) is 12.5. The van der Waals surface area contributed by atoms with Gasteiger partial charge in [0.15, 0.2) is 11.5 Å². The van der Waals surface area contributed by atoms with E-state index in [-0.39, 0.29) is 5.91 Å². The van der Waals surface area contributed by atoms with E-state index < -0.39 is 0 Å². The molecule has 0 bridgehead atoms. The van der Waals surface area contributed by atoms with Crippen molar-refractivity contribution in [1.82, 2.24) is 5.01 Å². The van der Waals surface area contributed by atoms with Gasteiger partial charge in [-0.15, -0.1) is 0 Å². The van der Waals surface area contributed by atoms with Gasteiger partial charge in [0.1, 0.15) is 5.71 Å². The maximum absolute atomic E-state index is 12.5. The topological polar surface area (TPSA) is 51.1 Å². The Labute approximate surface area is 140 Å². The first-order chi connectivity index (χ1) is 11.6. The van der Waals surface area contributed by atoms with Gasteiger partial charge >= 0.3 is 0 Å². The van der Waals surface area contributed by atoms with Crippen LogP contribution >= 0.6 is 0 Å². The van der Waals surface area contributed by atoms with E-state index >= 15 is 0 Å². The quantitative estimate of drug-likeness (QED) is 0.813. The zero-order chi connectivity index (χ0) is 17.1. The fourth-order valence-corrected chi connectivity index (χ4v) is 2.57. The van der Waals surface area contributed by atoms with Crippen molar-refractivity contribution >= 4 is 17.7 Å². The van der Waals surface area contributed by atoms with Crippen LogP contribution in [0.3, 0.4) is 0 Å². The summed E-state index contributed by atoms with van der Waals surface area (Å²) in [5.41, 5.74) is 2.96. The SMILES string of the molecule is COc1ccc(/C=C2\C(=O)N(C)N=C2c2ccccc2)cc1OC. The van der Waals surface area contributed by atoms with Crippen molar-refractivity contribution in [1.29, 1.82) is 0 Å². The summed E-state index contributed by atoms with van der Waals surface area (Å²) >= 11 is 0. The predicted octanol–water partition coefficient (Wildman–Crippen LogP) is 2.96. The van der Waals surface area contributed by atoms with Crippen LogP contribution in [0.4, 0.5) is 0 Å². The van der Waals surface area contributed by atoms with Gasteiger partial charge in [0, 0.05) is 12.6 Å². The highest BCUT2D eigenvalue weighted by atomic mass is 16.5. The lowest BCUT2D eigenvalue weighted by atomic mass is 10.0. The standard InChI is InChI=1S/C19H18N2O3/c1-21-19(22)15(18(20-21)14-7-5-4-6-8-14)11-13-9-10-16(23-2)17(12-13)24-3/h4-12H,1-3H3/b15-11-. The van der Waals surface area contributed by atoms with Crippen molar-refractivity contribution < 1.29 is 14.3 Å². The van der Waals surface area contributed by atoms with Crippen molar-refractivity contribution in [3.05, 3.63) is 65.2 Å². The molecule has 0 spiro atoms. The third-order valence-corrected chi connectivity index (χ3v) is 3.80. The van der Waals surface area contributed by atoms with Gasteiger partial charge < -0.3 is 9.47 Å². The molecule has 3 rings (SSSR count). The summed E-state index contributed by atoms with van der Waals surface area (Å²) in [7, 11) is 4.83. The number of carbonyl (C=O) groups is 1.